The molecular formula is C20H23F2N5O5. The Bertz CT molecular complexity index is 1050. The van der Waals surface area contributed by atoms with Crippen LogP contribution in [0.25, 0.3) is 0 Å². The van der Waals surface area contributed by atoms with Gasteiger partial charge in [-0.05, 0) is 26.0 Å². The maximum Gasteiger partial charge on any atom is 0.336 e. The lowest BCUT2D eigenvalue weighted by molar-refractivity contribution is -0.257. The first-order valence-corrected chi connectivity index (χ1v) is 9.97. The van der Waals surface area contributed by atoms with Crippen LogP contribution >= 0.6 is 0 Å². The summed E-state index contributed by atoms with van der Waals surface area (Å²) < 4.78 is 37.3. The number of ether oxygens (including phenoxy) is 2. The lowest BCUT2D eigenvalue weighted by atomic mass is 9.89. The molecule has 172 valence electrons. The number of aliphatic hydroxyl groups excluding tert-OH is 1. The molecule has 1 aromatic heterocycles. The second-order valence-corrected chi connectivity index (χ2v) is 7.80. The van der Waals surface area contributed by atoms with Crippen LogP contribution in [0.1, 0.15) is 25.5 Å². The fraction of sp³-hybridized carbons (Fsp3) is 0.450. The van der Waals surface area contributed by atoms with E-state index in [1.165, 1.54) is 20.0 Å². The number of carbonyl (C=O) groups is 1. The van der Waals surface area contributed by atoms with Crippen molar-refractivity contribution in [3.05, 3.63) is 35.5 Å². The zero-order valence-electron chi connectivity index (χ0n) is 17.6. The highest BCUT2D eigenvalue weighted by molar-refractivity contribution is 6.04. The van der Waals surface area contributed by atoms with E-state index in [4.69, 9.17) is 9.47 Å². The van der Waals surface area contributed by atoms with Crippen molar-refractivity contribution in [3.8, 4) is 5.75 Å². The van der Waals surface area contributed by atoms with E-state index in [9.17, 15) is 23.8 Å². The quantitative estimate of drug-likeness (QED) is 0.483. The van der Waals surface area contributed by atoms with Gasteiger partial charge in [0.1, 0.15) is 17.6 Å². The van der Waals surface area contributed by atoms with E-state index < -0.39 is 29.7 Å². The highest BCUT2D eigenvalue weighted by atomic mass is 19.1. The third-order valence-corrected chi connectivity index (χ3v) is 5.33. The van der Waals surface area contributed by atoms with E-state index in [-0.39, 0.29) is 29.7 Å². The Labute approximate surface area is 182 Å². The largest absolute Gasteiger partial charge is 0.487 e. The van der Waals surface area contributed by atoms with Gasteiger partial charge in [-0.2, -0.15) is 4.98 Å². The molecule has 32 heavy (non-hydrogen) atoms. The number of halogens is 2. The van der Waals surface area contributed by atoms with Crippen LogP contribution in [0.5, 0.6) is 5.75 Å². The number of carbonyl (C=O) groups excluding carboxylic acids is 1. The first-order valence-electron chi connectivity index (χ1n) is 9.97. The maximum atomic E-state index is 13.7. The van der Waals surface area contributed by atoms with Crippen molar-refractivity contribution in [2.45, 2.75) is 51.0 Å². The molecule has 1 aromatic carbocycles. The van der Waals surface area contributed by atoms with Crippen molar-refractivity contribution in [2.24, 2.45) is 0 Å². The molecule has 1 fully saturated rings. The lowest BCUT2D eigenvalue weighted by Crippen LogP contribution is -2.61. The number of aliphatic hydroxyl groups is 2. The van der Waals surface area contributed by atoms with E-state index in [1.54, 1.807) is 6.92 Å². The Hall–Kier alpha value is -3.09. The van der Waals surface area contributed by atoms with Gasteiger partial charge in [-0.3, -0.25) is 14.4 Å². The molecule has 4 N–H and O–H groups in total. The number of amides is 1. The Morgan fingerprint density at radius 3 is 2.72 bits per heavy atom. The van der Waals surface area contributed by atoms with E-state index in [0.717, 1.165) is 17.0 Å². The van der Waals surface area contributed by atoms with Crippen LogP contribution < -0.4 is 20.3 Å². The summed E-state index contributed by atoms with van der Waals surface area (Å²) in [5.41, 5.74) is 0.765. The first kappa shape index (κ1) is 22.1. The van der Waals surface area contributed by atoms with Crippen LogP contribution in [0, 0.1) is 18.6 Å². The van der Waals surface area contributed by atoms with Crippen LogP contribution in [-0.4, -0.2) is 57.5 Å². The van der Waals surface area contributed by atoms with Gasteiger partial charge in [0, 0.05) is 32.0 Å². The normalized spacial score (nSPS) is 25.5. The molecule has 0 spiro atoms. The molecule has 1 amide bonds. The minimum atomic E-state index is -2.45. The van der Waals surface area contributed by atoms with Gasteiger partial charge < -0.3 is 25.6 Å². The molecule has 1 aliphatic carbocycles. The summed E-state index contributed by atoms with van der Waals surface area (Å²) in [7, 11) is 1.40. The van der Waals surface area contributed by atoms with E-state index >= 15 is 0 Å². The maximum absolute atomic E-state index is 13.7. The zero-order chi connectivity index (χ0) is 23.2. The minimum Gasteiger partial charge on any atom is -0.487 e. The topological polar surface area (TPSA) is 129 Å². The molecule has 2 aliphatic rings. The van der Waals surface area contributed by atoms with Crippen LogP contribution in [-0.2, 0) is 9.53 Å². The zero-order valence-corrected chi connectivity index (χ0v) is 17.6. The fourth-order valence-electron chi connectivity index (χ4n) is 3.59. The molecule has 2 atom stereocenters. The lowest BCUT2D eigenvalue weighted by Gasteiger charge is -2.41. The molecular weight excluding hydrogens is 428 g/mol. The molecule has 0 unspecified atom stereocenters. The number of rotatable bonds is 6. The Kier molecular flexibility index (Phi) is 5.61. The number of hydrogen-bond donors (Lipinski definition) is 4. The Balaban J connectivity index is 1.44. The molecule has 4 rings (SSSR count). The standard InChI is InChI=1S/C20H23F2N5O5/c1-9-16-17(27(3)20(30,18(29)25-16)32-10(2)28)26-19(23-9)24-12-7-13(8-12)31-15-5-4-11(21)6-14(15)22/h4-6,10,12-13,28,30H,7-8H2,1-3H3,(H,25,29)(H,23,24,26)/t10-,12?,13?,20+/m0/s1. The van der Waals surface area contributed by atoms with Crippen molar-refractivity contribution >= 4 is 23.4 Å². The number of aromatic nitrogens is 2. The first-order chi connectivity index (χ1) is 15.1. The highest BCUT2D eigenvalue weighted by Gasteiger charge is 2.49. The molecule has 1 saturated carbocycles. The van der Waals surface area contributed by atoms with Gasteiger partial charge in [0.2, 0.25) is 5.95 Å². The summed E-state index contributed by atoms with van der Waals surface area (Å²) in [4.78, 5) is 22.2. The van der Waals surface area contributed by atoms with E-state index in [1.807, 2.05) is 0 Å². The molecule has 12 heteroatoms. The van der Waals surface area contributed by atoms with Crippen molar-refractivity contribution in [1.82, 2.24) is 9.97 Å². The smallest absolute Gasteiger partial charge is 0.336 e. The van der Waals surface area contributed by atoms with E-state index in [2.05, 4.69) is 20.6 Å². The Morgan fingerprint density at radius 2 is 2.06 bits per heavy atom. The molecule has 1 aliphatic heterocycles. The number of aryl methyl sites for hydroxylation is 1. The number of likely N-dealkylation sites (N-methyl/N-ethyl adjacent to an activating group) is 1. The minimum absolute atomic E-state index is 0.00881. The van der Waals surface area contributed by atoms with Crippen LogP contribution in [0.3, 0.4) is 0 Å². The summed E-state index contributed by atoms with van der Waals surface area (Å²) in [5, 5.41) is 25.8. The number of fused-ring (bicyclic) bond motifs is 1. The van der Waals surface area contributed by atoms with Gasteiger partial charge in [0.05, 0.1) is 5.69 Å². The van der Waals surface area contributed by atoms with Gasteiger partial charge in [0.25, 0.3) is 0 Å². The SMILES string of the molecule is Cc1nc(NC2CC(Oc3ccc(F)cc3F)C2)nc2c1NC(=O)[C@@](O)(O[C@@H](C)O)N2C. The molecule has 0 bridgehead atoms. The van der Waals surface area contributed by atoms with Gasteiger partial charge in [-0.1, -0.05) is 0 Å². The third kappa shape index (κ3) is 4.04. The van der Waals surface area contributed by atoms with E-state index in [0.29, 0.717) is 24.2 Å². The second kappa shape index (κ2) is 8.11. The van der Waals surface area contributed by atoms with Crippen molar-refractivity contribution in [3.63, 3.8) is 0 Å². The average molecular weight is 451 g/mol. The monoisotopic (exact) mass is 451 g/mol. The summed E-state index contributed by atoms with van der Waals surface area (Å²) in [6.07, 6.45) is -0.582. The fourth-order valence-corrected chi connectivity index (χ4v) is 3.59. The summed E-state index contributed by atoms with van der Waals surface area (Å²) in [5.74, 6) is -4.32. The van der Waals surface area contributed by atoms with Gasteiger partial charge in [0.15, 0.2) is 23.7 Å². The average Bonchev–Trinajstić information content (AvgIpc) is 2.67. The predicted molar refractivity (Wildman–Crippen MR) is 109 cm³/mol. The van der Waals surface area contributed by atoms with Gasteiger partial charge in [-0.15, -0.1) is 0 Å². The number of hydrogen-bond acceptors (Lipinski definition) is 9. The van der Waals surface area contributed by atoms with Crippen LogP contribution in [0.15, 0.2) is 18.2 Å². The van der Waals surface area contributed by atoms with Gasteiger partial charge in [-0.25, -0.2) is 13.8 Å². The molecule has 10 nitrogen and oxygen atoms in total. The highest BCUT2D eigenvalue weighted by Crippen LogP contribution is 2.37. The number of anilines is 3. The molecule has 0 radical (unpaired) electrons. The number of nitrogens with one attached hydrogen (secondary N) is 2. The van der Waals surface area contributed by atoms with Gasteiger partial charge >= 0.3 is 11.8 Å². The Morgan fingerprint density at radius 1 is 1.34 bits per heavy atom. The summed E-state index contributed by atoms with van der Waals surface area (Å²) >= 11 is 0. The molecule has 2 aromatic rings. The number of benzene rings is 1. The summed E-state index contributed by atoms with van der Waals surface area (Å²) in [6.45, 7) is 2.93. The predicted octanol–water partition coefficient (Wildman–Crippen LogP) is 1.47. The van der Waals surface area contributed by atoms with Crippen molar-refractivity contribution in [2.75, 3.05) is 22.6 Å². The van der Waals surface area contributed by atoms with Crippen molar-refractivity contribution in [1.29, 1.82) is 0 Å². The van der Waals surface area contributed by atoms with Crippen molar-refractivity contribution < 1.29 is 33.3 Å². The molecule has 2 heterocycles. The number of nitrogens with zero attached hydrogens (tertiary/aromatic N) is 3. The van der Waals surface area contributed by atoms with Crippen LogP contribution in [0.4, 0.5) is 26.2 Å². The van der Waals surface area contributed by atoms with Crippen LogP contribution in [0.2, 0.25) is 0 Å². The third-order valence-electron chi connectivity index (χ3n) is 5.33. The second-order valence-electron chi connectivity index (χ2n) is 7.80. The summed E-state index contributed by atoms with van der Waals surface area (Å²) in [6, 6.07) is 3.10. The molecule has 0 saturated heterocycles.